The lowest BCUT2D eigenvalue weighted by Crippen LogP contribution is -2.21. The number of amides is 2. The minimum absolute atomic E-state index is 0.361. The number of carbonyl (C=O) groups excluding carboxylic acids is 2. The number of carbonyl (C=O) groups is 2. The lowest BCUT2D eigenvalue weighted by atomic mass is 10.1. The maximum absolute atomic E-state index is 12.0. The number of imide groups is 1. The first-order valence-corrected chi connectivity index (χ1v) is 7.24. The number of para-hydroxylation sites is 1. The molecule has 1 aliphatic heterocycles. The highest BCUT2D eigenvalue weighted by Crippen LogP contribution is 2.30. The summed E-state index contributed by atoms with van der Waals surface area (Å²) in [5, 5.41) is 3.22. The van der Waals surface area contributed by atoms with E-state index >= 15 is 0 Å². The summed E-state index contributed by atoms with van der Waals surface area (Å²) in [4.78, 5) is 27.8. The minimum Gasteiger partial charge on any atom is -0.314 e. The standard InChI is InChI=1S/C18H13N3O2/c1-11-6-7-12(9-19-11)21-10-15(13-4-2-3-5-16(13)21)14-8-17(22)20-18(14)23/h2-10H,1H3,(H,20,22,23). The van der Waals surface area contributed by atoms with Gasteiger partial charge in [0.2, 0.25) is 0 Å². The molecule has 0 atom stereocenters. The zero-order chi connectivity index (χ0) is 16.0. The molecule has 0 saturated carbocycles. The molecule has 3 heterocycles. The van der Waals surface area contributed by atoms with Gasteiger partial charge in [0.1, 0.15) is 0 Å². The van der Waals surface area contributed by atoms with E-state index in [2.05, 4.69) is 10.3 Å². The van der Waals surface area contributed by atoms with Gasteiger partial charge in [-0.1, -0.05) is 18.2 Å². The third kappa shape index (κ3) is 2.14. The van der Waals surface area contributed by atoms with Crippen LogP contribution in [-0.4, -0.2) is 21.4 Å². The summed E-state index contributed by atoms with van der Waals surface area (Å²) in [6.07, 6.45) is 5.02. The van der Waals surface area contributed by atoms with E-state index in [1.165, 1.54) is 6.08 Å². The Hall–Kier alpha value is -3.21. The molecule has 0 bridgehead atoms. The number of pyridine rings is 1. The second kappa shape index (κ2) is 4.91. The van der Waals surface area contributed by atoms with Crippen molar-refractivity contribution in [2.45, 2.75) is 6.92 Å². The van der Waals surface area contributed by atoms with E-state index in [4.69, 9.17) is 0 Å². The van der Waals surface area contributed by atoms with Gasteiger partial charge in [0.15, 0.2) is 0 Å². The number of aromatic nitrogens is 2. The lowest BCUT2D eigenvalue weighted by molar-refractivity contribution is -0.123. The van der Waals surface area contributed by atoms with Gasteiger partial charge >= 0.3 is 0 Å². The Kier molecular flexibility index (Phi) is 2.87. The molecule has 23 heavy (non-hydrogen) atoms. The first kappa shape index (κ1) is 13.5. The Morgan fingerprint density at radius 3 is 2.61 bits per heavy atom. The molecule has 3 aromatic rings. The summed E-state index contributed by atoms with van der Waals surface area (Å²) in [6, 6.07) is 11.7. The van der Waals surface area contributed by atoms with Gasteiger partial charge in [-0.2, -0.15) is 0 Å². The second-order valence-electron chi connectivity index (χ2n) is 5.46. The van der Waals surface area contributed by atoms with Crippen LogP contribution in [0.15, 0.2) is 54.9 Å². The molecule has 0 radical (unpaired) electrons. The van der Waals surface area contributed by atoms with E-state index in [0.717, 1.165) is 27.8 Å². The van der Waals surface area contributed by atoms with Crippen LogP contribution in [0.4, 0.5) is 0 Å². The Morgan fingerprint density at radius 2 is 1.91 bits per heavy atom. The normalized spacial score (nSPS) is 14.2. The van der Waals surface area contributed by atoms with Crippen LogP contribution in [0, 0.1) is 6.92 Å². The Labute approximate surface area is 132 Å². The molecule has 0 spiro atoms. The first-order chi connectivity index (χ1) is 11.1. The number of benzene rings is 1. The highest BCUT2D eigenvalue weighted by atomic mass is 16.2. The van der Waals surface area contributed by atoms with Gasteiger partial charge in [-0.05, 0) is 25.1 Å². The molecule has 0 saturated heterocycles. The van der Waals surface area contributed by atoms with Gasteiger partial charge in [-0.3, -0.25) is 19.9 Å². The van der Waals surface area contributed by atoms with Gasteiger partial charge in [-0.25, -0.2) is 0 Å². The summed E-state index contributed by atoms with van der Waals surface area (Å²) in [7, 11) is 0. The lowest BCUT2D eigenvalue weighted by Gasteiger charge is -2.04. The highest BCUT2D eigenvalue weighted by Gasteiger charge is 2.25. The Bertz CT molecular complexity index is 981. The molecule has 1 aromatic carbocycles. The van der Waals surface area contributed by atoms with E-state index in [1.807, 2.05) is 54.1 Å². The zero-order valence-electron chi connectivity index (χ0n) is 12.4. The third-order valence-electron chi connectivity index (χ3n) is 3.93. The van der Waals surface area contributed by atoms with Gasteiger partial charge in [0.25, 0.3) is 11.8 Å². The van der Waals surface area contributed by atoms with Gasteiger partial charge < -0.3 is 4.57 Å². The molecular weight excluding hydrogens is 290 g/mol. The van der Waals surface area contributed by atoms with Crippen LogP contribution in [-0.2, 0) is 9.59 Å². The number of hydrogen-bond acceptors (Lipinski definition) is 3. The number of aryl methyl sites for hydroxylation is 1. The highest BCUT2D eigenvalue weighted by molar-refractivity contribution is 6.35. The minimum atomic E-state index is -0.376. The van der Waals surface area contributed by atoms with Crippen molar-refractivity contribution in [1.82, 2.24) is 14.9 Å². The third-order valence-corrected chi connectivity index (χ3v) is 3.93. The predicted octanol–water partition coefficient (Wildman–Crippen LogP) is 2.37. The largest absolute Gasteiger partial charge is 0.314 e. The van der Waals surface area contributed by atoms with E-state index in [-0.39, 0.29) is 11.8 Å². The summed E-state index contributed by atoms with van der Waals surface area (Å²) >= 11 is 0. The fourth-order valence-electron chi connectivity index (χ4n) is 2.82. The number of hydrogen-bond donors (Lipinski definition) is 1. The quantitative estimate of drug-likeness (QED) is 0.739. The molecule has 2 amide bonds. The number of nitrogens with zero attached hydrogens (tertiary/aromatic N) is 2. The number of nitrogens with one attached hydrogen (secondary N) is 1. The maximum Gasteiger partial charge on any atom is 0.258 e. The van der Waals surface area contributed by atoms with Crippen LogP contribution in [0.5, 0.6) is 0 Å². The van der Waals surface area contributed by atoms with E-state index in [1.54, 1.807) is 6.20 Å². The molecule has 4 rings (SSSR count). The smallest absolute Gasteiger partial charge is 0.258 e. The summed E-state index contributed by atoms with van der Waals surface area (Å²) in [5.41, 5.74) is 3.94. The van der Waals surface area contributed by atoms with E-state index in [0.29, 0.717) is 5.57 Å². The average Bonchev–Trinajstić information content (AvgIpc) is 3.08. The molecule has 5 heteroatoms. The van der Waals surface area contributed by atoms with Crippen LogP contribution < -0.4 is 5.32 Å². The SMILES string of the molecule is Cc1ccc(-n2cc(C3=CC(=O)NC3=O)c3ccccc32)cn1. The van der Waals surface area contributed by atoms with Crippen molar-refractivity contribution >= 4 is 28.3 Å². The second-order valence-corrected chi connectivity index (χ2v) is 5.46. The van der Waals surface area contributed by atoms with Crippen molar-refractivity contribution in [3.63, 3.8) is 0 Å². The van der Waals surface area contributed by atoms with Crippen molar-refractivity contribution in [3.8, 4) is 5.69 Å². The molecule has 1 aliphatic rings. The molecule has 0 aliphatic carbocycles. The van der Waals surface area contributed by atoms with Crippen LogP contribution in [0.3, 0.4) is 0 Å². The van der Waals surface area contributed by atoms with Gasteiger partial charge in [-0.15, -0.1) is 0 Å². The molecular formula is C18H13N3O2. The molecule has 0 unspecified atom stereocenters. The fourth-order valence-corrected chi connectivity index (χ4v) is 2.82. The zero-order valence-corrected chi connectivity index (χ0v) is 12.4. The van der Waals surface area contributed by atoms with Crippen molar-refractivity contribution in [2.24, 2.45) is 0 Å². The van der Waals surface area contributed by atoms with Gasteiger partial charge in [0.05, 0.1) is 23.0 Å². The van der Waals surface area contributed by atoms with E-state index < -0.39 is 0 Å². The van der Waals surface area contributed by atoms with Crippen molar-refractivity contribution in [1.29, 1.82) is 0 Å². The van der Waals surface area contributed by atoms with Crippen LogP contribution in [0.2, 0.25) is 0 Å². The molecule has 2 aromatic heterocycles. The molecule has 5 nitrogen and oxygen atoms in total. The first-order valence-electron chi connectivity index (χ1n) is 7.24. The molecule has 112 valence electrons. The summed E-state index contributed by atoms with van der Waals surface area (Å²) < 4.78 is 1.98. The maximum atomic E-state index is 12.0. The van der Waals surface area contributed by atoms with Crippen LogP contribution in [0.1, 0.15) is 11.3 Å². The van der Waals surface area contributed by atoms with Crippen molar-refractivity contribution < 1.29 is 9.59 Å². The monoisotopic (exact) mass is 303 g/mol. The molecule has 1 N–H and O–H groups in total. The van der Waals surface area contributed by atoms with Crippen LogP contribution >= 0.6 is 0 Å². The van der Waals surface area contributed by atoms with E-state index in [9.17, 15) is 9.59 Å². The van der Waals surface area contributed by atoms with Crippen molar-refractivity contribution in [2.75, 3.05) is 0 Å². The Balaban J connectivity index is 1.97. The summed E-state index contributed by atoms with van der Waals surface area (Å²) in [6.45, 7) is 1.93. The average molecular weight is 303 g/mol. The van der Waals surface area contributed by atoms with Crippen molar-refractivity contribution in [3.05, 3.63) is 66.1 Å². The fraction of sp³-hybridized carbons (Fsp3) is 0.0556. The predicted molar refractivity (Wildman–Crippen MR) is 86.9 cm³/mol. The number of fused-ring (bicyclic) bond motifs is 1. The van der Waals surface area contributed by atoms with Gasteiger partial charge in [0, 0.05) is 28.9 Å². The van der Waals surface area contributed by atoms with Crippen LogP contribution in [0.25, 0.3) is 22.2 Å². The Morgan fingerprint density at radius 1 is 1.09 bits per heavy atom. The molecule has 0 fully saturated rings. The number of rotatable bonds is 2. The summed E-state index contributed by atoms with van der Waals surface area (Å²) in [5.74, 6) is -0.737. The topological polar surface area (TPSA) is 64.0 Å².